The van der Waals surface area contributed by atoms with Crippen LogP contribution in [0.2, 0.25) is 0 Å². The Balaban J connectivity index is 2.22. The molecule has 1 heterocycles. The summed E-state index contributed by atoms with van der Waals surface area (Å²) in [7, 11) is 1.54. The number of ether oxygens (including phenoxy) is 2. The van der Waals surface area contributed by atoms with Crippen molar-refractivity contribution in [3.05, 3.63) is 53.3 Å². The van der Waals surface area contributed by atoms with Gasteiger partial charge in [0.2, 0.25) is 0 Å². The average molecular weight is 273 g/mol. The Labute approximate surface area is 116 Å². The van der Waals surface area contributed by atoms with Crippen LogP contribution in [0.15, 0.2) is 36.5 Å². The molecule has 0 unspecified atom stereocenters. The summed E-state index contributed by atoms with van der Waals surface area (Å²) >= 11 is 0. The number of aryl methyl sites for hydroxylation is 1. The van der Waals surface area contributed by atoms with Gasteiger partial charge in [-0.2, -0.15) is 0 Å². The summed E-state index contributed by atoms with van der Waals surface area (Å²) < 4.78 is 10.9. The zero-order valence-electron chi connectivity index (χ0n) is 11.3. The van der Waals surface area contributed by atoms with Crippen molar-refractivity contribution in [1.29, 1.82) is 0 Å². The van der Waals surface area contributed by atoms with Crippen molar-refractivity contribution in [3.63, 3.8) is 0 Å². The quantitative estimate of drug-likeness (QED) is 0.907. The molecule has 0 fully saturated rings. The fourth-order valence-electron chi connectivity index (χ4n) is 1.80. The first-order valence-electron chi connectivity index (χ1n) is 6.06. The van der Waals surface area contributed by atoms with Crippen LogP contribution in [-0.4, -0.2) is 23.2 Å². The van der Waals surface area contributed by atoms with Crippen molar-refractivity contribution >= 4 is 5.97 Å². The molecule has 2 rings (SSSR count). The van der Waals surface area contributed by atoms with E-state index in [4.69, 9.17) is 14.6 Å². The molecular weight excluding hydrogens is 258 g/mol. The molecular formula is C15H15NO4. The number of aromatic nitrogens is 1. The number of carboxylic acids is 1. The summed E-state index contributed by atoms with van der Waals surface area (Å²) in [5.41, 5.74) is 1.66. The predicted octanol–water partition coefficient (Wildman–Crippen LogP) is 2.68. The zero-order valence-corrected chi connectivity index (χ0v) is 11.3. The second-order valence-electron chi connectivity index (χ2n) is 4.21. The number of hydrogen-bond acceptors (Lipinski definition) is 4. The van der Waals surface area contributed by atoms with Crippen molar-refractivity contribution in [1.82, 2.24) is 4.98 Å². The smallest absolute Gasteiger partial charge is 0.335 e. The molecule has 0 bridgehead atoms. The highest BCUT2D eigenvalue weighted by Gasteiger charge is 2.10. The number of nitrogens with zero attached hydrogens (tertiary/aromatic N) is 1. The van der Waals surface area contributed by atoms with E-state index in [2.05, 4.69) is 4.98 Å². The van der Waals surface area contributed by atoms with Crippen LogP contribution in [0, 0.1) is 6.92 Å². The predicted molar refractivity (Wildman–Crippen MR) is 73.3 cm³/mol. The van der Waals surface area contributed by atoms with Crippen molar-refractivity contribution in [2.75, 3.05) is 7.11 Å². The molecule has 0 aliphatic heterocycles. The Bertz CT molecular complexity index is 625. The van der Waals surface area contributed by atoms with E-state index < -0.39 is 5.97 Å². The normalized spacial score (nSPS) is 10.1. The summed E-state index contributed by atoms with van der Waals surface area (Å²) in [4.78, 5) is 15.1. The molecule has 20 heavy (non-hydrogen) atoms. The van der Waals surface area contributed by atoms with Crippen LogP contribution in [0.5, 0.6) is 11.5 Å². The molecule has 5 heteroatoms. The molecule has 1 aromatic heterocycles. The summed E-state index contributed by atoms with van der Waals surface area (Å²) in [5.74, 6) is 0.276. The number of pyridine rings is 1. The minimum absolute atomic E-state index is 0.201. The number of hydrogen-bond donors (Lipinski definition) is 1. The standard InChI is InChI=1S/C15H15NO4/c1-10-13(4-3-7-16-10)20-9-12-8-11(15(17)18)5-6-14(12)19-2/h3-8H,9H2,1-2H3,(H,17,18). The molecule has 0 radical (unpaired) electrons. The molecule has 0 saturated carbocycles. The Morgan fingerprint density at radius 3 is 2.75 bits per heavy atom. The topological polar surface area (TPSA) is 68.7 Å². The minimum atomic E-state index is -0.980. The van der Waals surface area contributed by atoms with Crippen molar-refractivity contribution in [2.24, 2.45) is 0 Å². The highest BCUT2D eigenvalue weighted by atomic mass is 16.5. The molecule has 0 saturated heterocycles. The molecule has 0 spiro atoms. The monoisotopic (exact) mass is 273 g/mol. The maximum atomic E-state index is 11.0. The van der Waals surface area contributed by atoms with Crippen LogP contribution < -0.4 is 9.47 Å². The lowest BCUT2D eigenvalue weighted by Gasteiger charge is -2.12. The number of aromatic carboxylic acids is 1. The van der Waals surface area contributed by atoms with Crippen LogP contribution in [-0.2, 0) is 6.61 Å². The van der Waals surface area contributed by atoms with E-state index in [0.29, 0.717) is 17.1 Å². The molecule has 0 atom stereocenters. The lowest BCUT2D eigenvalue weighted by Crippen LogP contribution is -2.03. The fourth-order valence-corrected chi connectivity index (χ4v) is 1.80. The summed E-state index contributed by atoms with van der Waals surface area (Å²) in [6, 6.07) is 8.27. The van der Waals surface area contributed by atoms with Gasteiger partial charge in [-0.3, -0.25) is 4.98 Å². The van der Waals surface area contributed by atoms with Crippen LogP contribution in [0.25, 0.3) is 0 Å². The second-order valence-corrected chi connectivity index (χ2v) is 4.21. The van der Waals surface area contributed by atoms with Gasteiger partial charge >= 0.3 is 5.97 Å². The SMILES string of the molecule is COc1ccc(C(=O)O)cc1COc1cccnc1C. The molecule has 1 aromatic carbocycles. The van der Waals surface area contributed by atoms with E-state index in [9.17, 15) is 4.79 Å². The van der Waals surface area contributed by atoms with E-state index in [1.54, 1.807) is 24.4 Å². The van der Waals surface area contributed by atoms with Gasteiger partial charge in [0.25, 0.3) is 0 Å². The molecule has 0 aliphatic carbocycles. The first-order chi connectivity index (χ1) is 9.61. The molecule has 1 N–H and O–H groups in total. The Kier molecular flexibility index (Phi) is 4.20. The summed E-state index contributed by atoms with van der Waals surface area (Å²) in [6.45, 7) is 2.07. The van der Waals surface area contributed by atoms with Gasteiger partial charge in [0.15, 0.2) is 0 Å². The van der Waals surface area contributed by atoms with E-state index >= 15 is 0 Å². The molecule has 2 aromatic rings. The molecule has 104 valence electrons. The first-order valence-corrected chi connectivity index (χ1v) is 6.06. The van der Waals surface area contributed by atoms with Gasteiger partial charge in [0.05, 0.1) is 18.4 Å². The Morgan fingerprint density at radius 1 is 1.30 bits per heavy atom. The van der Waals surface area contributed by atoms with Crippen molar-refractivity contribution < 1.29 is 19.4 Å². The van der Waals surface area contributed by atoms with Crippen LogP contribution in [0.4, 0.5) is 0 Å². The third kappa shape index (κ3) is 3.06. The maximum Gasteiger partial charge on any atom is 0.335 e. The van der Waals surface area contributed by atoms with E-state index in [1.165, 1.54) is 13.2 Å². The molecule has 0 aliphatic rings. The number of benzene rings is 1. The Morgan fingerprint density at radius 2 is 2.10 bits per heavy atom. The lowest BCUT2D eigenvalue weighted by molar-refractivity contribution is 0.0696. The van der Waals surface area contributed by atoms with Crippen LogP contribution in [0.3, 0.4) is 0 Å². The largest absolute Gasteiger partial charge is 0.496 e. The Hall–Kier alpha value is -2.56. The lowest BCUT2D eigenvalue weighted by atomic mass is 10.1. The molecule has 0 amide bonds. The average Bonchev–Trinajstić information content (AvgIpc) is 2.46. The summed E-state index contributed by atoms with van der Waals surface area (Å²) in [6.07, 6.45) is 1.69. The summed E-state index contributed by atoms with van der Waals surface area (Å²) in [5, 5.41) is 9.01. The molecule has 5 nitrogen and oxygen atoms in total. The van der Waals surface area contributed by atoms with Gasteiger partial charge in [0, 0.05) is 11.8 Å². The minimum Gasteiger partial charge on any atom is -0.496 e. The van der Waals surface area contributed by atoms with E-state index in [-0.39, 0.29) is 12.2 Å². The highest BCUT2D eigenvalue weighted by molar-refractivity contribution is 5.88. The van der Waals surface area contributed by atoms with Gasteiger partial charge in [0.1, 0.15) is 18.1 Å². The maximum absolute atomic E-state index is 11.0. The third-order valence-electron chi connectivity index (χ3n) is 2.87. The van der Waals surface area contributed by atoms with Crippen molar-refractivity contribution in [3.8, 4) is 11.5 Å². The van der Waals surface area contributed by atoms with Gasteiger partial charge in [-0.1, -0.05) is 0 Å². The van der Waals surface area contributed by atoms with Crippen molar-refractivity contribution in [2.45, 2.75) is 13.5 Å². The fraction of sp³-hybridized carbons (Fsp3) is 0.200. The van der Waals surface area contributed by atoms with E-state index in [0.717, 1.165) is 5.69 Å². The third-order valence-corrected chi connectivity index (χ3v) is 2.87. The number of carbonyl (C=O) groups is 1. The van der Waals surface area contributed by atoms with Crippen LogP contribution >= 0.6 is 0 Å². The zero-order chi connectivity index (χ0) is 14.5. The van der Waals surface area contributed by atoms with E-state index in [1.807, 2.05) is 13.0 Å². The van der Waals surface area contributed by atoms with Gasteiger partial charge < -0.3 is 14.6 Å². The van der Waals surface area contributed by atoms with Gasteiger partial charge in [-0.05, 0) is 37.3 Å². The number of carboxylic acid groups (broad SMARTS) is 1. The number of rotatable bonds is 5. The van der Waals surface area contributed by atoms with Gasteiger partial charge in [-0.15, -0.1) is 0 Å². The van der Waals surface area contributed by atoms with Gasteiger partial charge in [-0.25, -0.2) is 4.79 Å². The highest BCUT2D eigenvalue weighted by Crippen LogP contribution is 2.23. The second kappa shape index (κ2) is 6.06. The first kappa shape index (κ1) is 13.9. The van der Waals surface area contributed by atoms with Crippen LogP contribution in [0.1, 0.15) is 21.6 Å². The number of methoxy groups -OCH3 is 1.